The average Bonchev–Trinajstić information content (AvgIpc) is 2.16. The molecular weight excluding hydrogens is 170 g/mol. The highest BCUT2D eigenvalue weighted by molar-refractivity contribution is 5.35. The van der Waals surface area contributed by atoms with E-state index in [0.29, 0.717) is 5.92 Å². The van der Waals surface area contributed by atoms with Crippen LogP contribution in [0.4, 0.5) is 0 Å². The number of nitrogens with zero attached hydrogens (tertiary/aromatic N) is 1. The molecule has 1 aliphatic rings. The summed E-state index contributed by atoms with van der Waals surface area (Å²) >= 11 is 0. The summed E-state index contributed by atoms with van der Waals surface area (Å²) in [4.78, 5) is 4.34. The number of aromatic nitrogens is 1. The van der Waals surface area contributed by atoms with Crippen molar-refractivity contribution >= 4 is 0 Å². The highest BCUT2D eigenvalue weighted by atomic mass is 14.6. The van der Waals surface area contributed by atoms with E-state index in [2.05, 4.69) is 38.1 Å². The van der Waals surface area contributed by atoms with Gasteiger partial charge in [-0.15, -0.1) is 0 Å². The minimum absolute atomic E-state index is 0.614. The van der Waals surface area contributed by atoms with Crippen molar-refractivity contribution in [1.29, 1.82) is 0 Å². The normalized spacial score (nSPS) is 21.0. The molecule has 1 aromatic heterocycles. The van der Waals surface area contributed by atoms with E-state index in [1.807, 2.05) is 0 Å². The Morgan fingerprint density at radius 1 is 1.36 bits per heavy atom. The fraction of sp³-hybridized carbons (Fsp3) is 0.615. The number of aryl methyl sites for hydroxylation is 1. The largest absolute Gasteiger partial charge is 0.264 e. The molecule has 0 radical (unpaired) electrons. The maximum absolute atomic E-state index is 4.34. The number of rotatable bonds is 1. The van der Waals surface area contributed by atoms with Gasteiger partial charge in [0.05, 0.1) is 0 Å². The van der Waals surface area contributed by atoms with Crippen molar-refractivity contribution in [2.24, 2.45) is 5.92 Å². The van der Waals surface area contributed by atoms with E-state index in [0.717, 1.165) is 5.92 Å². The summed E-state index contributed by atoms with van der Waals surface area (Å²) in [7, 11) is 0. The zero-order valence-corrected chi connectivity index (χ0v) is 9.38. The highest BCUT2D eigenvalue weighted by Crippen LogP contribution is 2.30. The Morgan fingerprint density at radius 3 is 2.86 bits per heavy atom. The third-order valence-corrected chi connectivity index (χ3v) is 3.26. The molecule has 0 aliphatic heterocycles. The first-order valence-electron chi connectivity index (χ1n) is 5.64. The summed E-state index contributed by atoms with van der Waals surface area (Å²) in [5.74, 6) is 1.46. The van der Waals surface area contributed by atoms with E-state index >= 15 is 0 Å². The fourth-order valence-corrected chi connectivity index (χ4v) is 2.36. The zero-order valence-electron chi connectivity index (χ0n) is 9.38. The van der Waals surface area contributed by atoms with Crippen molar-refractivity contribution in [2.75, 3.05) is 0 Å². The molecule has 0 N–H and O–H groups in total. The van der Waals surface area contributed by atoms with Crippen LogP contribution in [0.2, 0.25) is 0 Å². The first-order chi connectivity index (χ1) is 6.68. The molecule has 0 fully saturated rings. The second kappa shape index (κ2) is 3.72. The third-order valence-electron chi connectivity index (χ3n) is 3.26. The molecule has 1 aliphatic carbocycles. The lowest BCUT2D eigenvalue weighted by Crippen LogP contribution is -2.14. The van der Waals surface area contributed by atoms with Gasteiger partial charge in [-0.1, -0.05) is 20.8 Å². The van der Waals surface area contributed by atoms with Crippen LogP contribution in [0.25, 0.3) is 0 Å². The van der Waals surface area contributed by atoms with Crippen LogP contribution in [-0.4, -0.2) is 4.98 Å². The molecule has 0 saturated heterocycles. The standard InChI is InChI=1S/C13H19N/c1-9(2)13-8-14-7-11-5-4-10(3)6-12(11)13/h7-10H,4-6H2,1-3H3. The van der Waals surface area contributed by atoms with E-state index in [-0.39, 0.29) is 0 Å². The number of hydrogen-bond acceptors (Lipinski definition) is 1. The van der Waals surface area contributed by atoms with Gasteiger partial charge in [-0.2, -0.15) is 0 Å². The van der Waals surface area contributed by atoms with E-state index < -0.39 is 0 Å². The van der Waals surface area contributed by atoms with Crippen LogP contribution in [0.3, 0.4) is 0 Å². The second-order valence-electron chi connectivity index (χ2n) is 4.87. The Labute approximate surface area is 86.6 Å². The van der Waals surface area contributed by atoms with Crippen LogP contribution in [0.1, 0.15) is 49.8 Å². The Kier molecular flexibility index (Phi) is 2.58. The summed E-state index contributed by atoms with van der Waals surface area (Å²) in [5, 5.41) is 0. The van der Waals surface area contributed by atoms with E-state index in [4.69, 9.17) is 0 Å². The molecular formula is C13H19N. The van der Waals surface area contributed by atoms with Gasteiger partial charge in [0.1, 0.15) is 0 Å². The summed E-state index contributed by atoms with van der Waals surface area (Å²) in [6, 6.07) is 0. The minimum Gasteiger partial charge on any atom is -0.264 e. The second-order valence-corrected chi connectivity index (χ2v) is 4.87. The minimum atomic E-state index is 0.614. The number of hydrogen-bond donors (Lipinski definition) is 0. The molecule has 76 valence electrons. The lowest BCUT2D eigenvalue weighted by molar-refractivity contribution is 0.495. The van der Waals surface area contributed by atoms with Gasteiger partial charge in [-0.25, -0.2) is 0 Å². The first kappa shape index (κ1) is 9.70. The zero-order chi connectivity index (χ0) is 10.1. The monoisotopic (exact) mass is 189 g/mol. The van der Waals surface area contributed by atoms with Gasteiger partial charge >= 0.3 is 0 Å². The fourth-order valence-electron chi connectivity index (χ4n) is 2.36. The van der Waals surface area contributed by atoms with E-state index in [1.165, 1.54) is 30.4 Å². The summed E-state index contributed by atoms with van der Waals surface area (Å²) in [6.45, 7) is 6.88. The molecule has 1 nitrogen and oxygen atoms in total. The number of fused-ring (bicyclic) bond motifs is 1. The first-order valence-corrected chi connectivity index (χ1v) is 5.64. The molecule has 1 atom stereocenters. The van der Waals surface area contributed by atoms with Crippen LogP contribution >= 0.6 is 0 Å². The lowest BCUT2D eigenvalue weighted by atomic mass is 9.82. The maximum Gasteiger partial charge on any atom is 0.0305 e. The molecule has 1 heteroatoms. The van der Waals surface area contributed by atoms with Gasteiger partial charge in [0, 0.05) is 12.4 Å². The number of pyridine rings is 1. The molecule has 2 rings (SSSR count). The third kappa shape index (κ3) is 1.68. The van der Waals surface area contributed by atoms with Crippen molar-refractivity contribution in [1.82, 2.24) is 4.98 Å². The summed E-state index contributed by atoms with van der Waals surface area (Å²) in [6.07, 6.45) is 7.93. The van der Waals surface area contributed by atoms with Crippen molar-refractivity contribution in [3.63, 3.8) is 0 Å². The van der Waals surface area contributed by atoms with E-state index in [1.54, 1.807) is 5.56 Å². The highest BCUT2D eigenvalue weighted by Gasteiger charge is 2.19. The Morgan fingerprint density at radius 2 is 2.14 bits per heavy atom. The molecule has 1 aromatic rings. The van der Waals surface area contributed by atoms with Crippen LogP contribution in [0, 0.1) is 5.92 Å². The van der Waals surface area contributed by atoms with Gasteiger partial charge in [-0.3, -0.25) is 4.98 Å². The molecule has 0 amide bonds. The molecule has 1 unspecified atom stereocenters. The Bertz CT molecular complexity index is 328. The van der Waals surface area contributed by atoms with Gasteiger partial charge in [0.2, 0.25) is 0 Å². The summed E-state index contributed by atoms with van der Waals surface area (Å²) in [5.41, 5.74) is 4.55. The predicted molar refractivity (Wildman–Crippen MR) is 59.5 cm³/mol. The van der Waals surface area contributed by atoms with Crippen LogP contribution in [-0.2, 0) is 12.8 Å². The van der Waals surface area contributed by atoms with Gasteiger partial charge < -0.3 is 0 Å². The molecule has 0 bridgehead atoms. The van der Waals surface area contributed by atoms with E-state index in [9.17, 15) is 0 Å². The van der Waals surface area contributed by atoms with Crippen LogP contribution in [0.15, 0.2) is 12.4 Å². The van der Waals surface area contributed by atoms with Crippen LogP contribution in [0.5, 0.6) is 0 Å². The predicted octanol–water partition coefficient (Wildman–Crippen LogP) is 3.33. The van der Waals surface area contributed by atoms with Crippen LogP contribution < -0.4 is 0 Å². The molecule has 1 heterocycles. The average molecular weight is 189 g/mol. The smallest absolute Gasteiger partial charge is 0.0305 e. The van der Waals surface area contributed by atoms with Crippen molar-refractivity contribution in [2.45, 2.75) is 46.0 Å². The Balaban J connectivity index is 2.43. The Hall–Kier alpha value is -0.850. The molecule has 0 spiro atoms. The van der Waals surface area contributed by atoms with Gasteiger partial charge in [0.15, 0.2) is 0 Å². The maximum atomic E-state index is 4.34. The van der Waals surface area contributed by atoms with Crippen molar-refractivity contribution < 1.29 is 0 Å². The summed E-state index contributed by atoms with van der Waals surface area (Å²) < 4.78 is 0. The van der Waals surface area contributed by atoms with Gasteiger partial charge in [0.25, 0.3) is 0 Å². The molecule has 0 aromatic carbocycles. The van der Waals surface area contributed by atoms with Crippen molar-refractivity contribution in [3.8, 4) is 0 Å². The van der Waals surface area contributed by atoms with Crippen molar-refractivity contribution in [3.05, 3.63) is 29.1 Å². The SMILES string of the molecule is CC1CCc2cncc(C(C)C)c2C1. The molecule has 14 heavy (non-hydrogen) atoms. The lowest BCUT2D eigenvalue weighted by Gasteiger charge is -2.24. The van der Waals surface area contributed by atoms with Gasteiger partial charge in [-0.05, 0) is 47.8 Å². The molecule has 0 saturated carbocycles. The topological polar surface area (TPSA) is 12.9 Å². The quantitative estimate of drug-likeness (QED) is 0.660.